The Bertz CT molecular complexity index is 161. The SMILES string of the molecule is CCC(S)n1cnnc1. The van der Waals surface area contributed by atoms with E-state index in [4.69, 9.17) is 0 Å². The molecule has 0 aliphatic rings. The molecule has 1 unspecified atom stereocenters. The molecular formula is C5H9N3S. The number of hydrogen-bond donors (Lipinski definition) is 1. The van der Waals surface area contributed by atoms with Gasteiger partial charge in [0.1, 0.15) is 12.7 Å². The van der Waals surface area contributed by atoms with Crippen LogP contribution < -0.4 is 0 Å². The Balaban J connectivity index is 2.65. The Morgan fingerprint density at radius 3 is 2.56 bits per heavy atom. The number of thiol groups is 1. The van der Waals surface area contributed by atoms with E-state index in [0.717, 1.165) is 6.42 Å². The highest BCUT2D eigenvalue weighted by molar-refractivity contribution is 7.80. The van der Waals surface area contributed by atoms with Gasteiger partial charge in [-0.05, 0) is 6.42 Å². The van der Waals surface area contributed by atoms with Gasteiger partial charge in [0.05, 0.1) is 5.37 Å². The average Bonchev–Trinajstić information content (AvgIpc) is 2.37. The molecule has 1 atom stereocenters. The summed E-state index contributed by atoms with van der Waals surface area (Å²) >= 11 is 4.27. The van der Waals surface area contributed by atoms with Gasteiger partial charge in [-0.1, -0.05) is 6.92 Å². The van der Waals surface area contributed by atoms with E-state index < -0.39 is 0 Å². The van der Waals surface area contributed by atoms with Crippen LogP contribution in [0.4, 0.5) is 0 Å². The Hall–Kier alpha value is -0.510. The number of aromatic nitrogens is 3. The normalized spacial score (nSPS) is 13.6. The van der Waals surface area contributed by atoms with Crippen LogP contribution in [0.5, 0.6) is 0 Å². The smallest absolute Gasteiger partial charge is 0.120 e. The van der Waals surface area contributed by atoms with Crippen LogP contribution >= 0.6 is 12.6 Å². The minimum Gasteiger partial charge on any atom is -0.308 e. The van der Waals surface area contributed by atoms with Gasteiger partial charge >= 0.3 is 0 Å². The molecule has 3 nitrogen and oxygen atoms in total. The third kappa shape index (κ3) is 1.45. The molecule has 1 aromatic heterocycles. The van der Waals surface area contributed by atoms with Gasteiger partial charge in [0, 0.05) is 0 Å². The van der Waals surface area contributed by atoms with E-state index in [0.29, 0.717) is 0 Å². The first kappa shape index (κ1) is 6.61. The van der Waals surface area contributed by atoms with E-state index in [1.165, 1.54) is 0 Å². The first-order chi connectivity index (χ1) is 4.34. The lowest BCUT2D eigenvalue weighted by molar-refractivity contribution is 0.660. The van der Waals surface area contributed by atoms with Gasteiger partial charge in [0.2, 0.25) is 0 Å². The van der Waals surface area contributed by atoms with Crippen molar-refractivity contribution in [2.45, 2.75) is 18.7 Å². The monoisotopic (exact) mass is 143 g/mol. The van der Waals surface area contributed by atoms with E-state index in [-0.39, 0.29) is 5.37 Å². The molecule has 0 bridgehead atoms. The van der Waals surface area contributed by atoms with Gasteiger partial charge < -0.3 is 4.57 Å². The van der Waals surface area contributed by atoms with Crippen LogP contribution in [0.1, 0.15) is 18.7 Å². The summed E-state index contributed by atoms with van der Waals surface area (Å²) in [5.41, 5.74) is 0. The molecule has 0 N–H and O–H groups in total. The zero-order chi connectivity index (χ0) is 6.69. The predicted molar refractivity (Wildman–Crippen MR) is 38.3 cm³/mol. The fraction of sp³-hybridized carbons (Fsp3) is 0.600. The highest BCUT2D eigenvalue weighted by Gasteiger charge is 1.98. The van der Waals surface area contributed by atoms with Crippen molar-refractivity contribution in [2.75, 3.05) is 0 Å². The first-order valence-corrected chi connectivity index (χ1v) is 3.38. The second-order valence-corrected chi connectivity index (χ2v) is 2.39. The van der Waals surface area contributed by atoms with Crippen molar-refractivity contribution in [1.82, 2.24) is 14.8 Å². The van der Waals surface area contributed by atoms with Gasteiger partial charge in [-0.3, -0.25) is 0 Å². The average molecular weight is 143 g/mol. The van der Waals surface area contributed by atoms with Crippen LogP contribution in [0, 0.1) is 0 Å². The molecule has 4 heteroatoms. The second kappa shape index (κ2) is 2.87. The molecule has 0 aliphatic carbocycles. The standard InChI is InChI=1S/C5H9N3S/c1-2-5(9)8-3-6-7-4-8/h3-5,9H,2H2,1H3. The summed E-state index contributed by atoms with van der Waals surface area (Å²) in [5, 5.41) is 7.53. The fourth-order valence-electron chi connectivity index (χ4n) is 0.573. The molecule has 0 amide bonds. The summed E-state index contributed by atoms with van der Waals surface area (Å²) in [5.74, 6) is 0. The van der Waals surface area contributed by atoms with Crippen LogP contribution in [-0.4, -0.2) is 14.8 Å². The largest absolute Gasteiger partial charge is 0.308 e. The molecule has 0 aliphatic heterocycles. The summed E-state index contributed by atoms with van der Waals surface area (Å²) in [6, 6.07) is 0. The topological polar surface area (TPSA) is 30.7 Å². The number of hydrogen-bond acceptors (Lipinski definition) is 3. The Morgan fingerprint density at radius 1 is 1.56 bits per heavy atom. The van der Waals surface area contributed by atoms with Gasteiger partial charge in [-0.15, -0.1) is 10.2 Å². The van der Waals surface area contributed by atoms with Crippen LogP contribution in [0.2, 0.25) is 0 Å². The molecule has 0 saturated carbocycles. The summed E-state index contributed by atoms with van der Waals surface area (Å²) < 4.78 is 1.86. The van der Waals surface area contributed by atoms with Crippen LogP contribution in [0.15, 0.2) is 12.7 Å². The van der Waals surface area contributed by atoms with Gasteiger partial charge in [-0.25, -0.2) is 0 Å². The molecule has 0 fully saturated rings. The first-order valence-electron chi connectivity index (χ1n) is 2.86. The second-order valence-electron chi connectivity index (χ2n) is 1.80. The van der Waals surface area contributed by atoms with Gasteiger partial charge in [-0.2, -0.15) is 12.6 Å². The lowest BCUT2D eigenvalue weighted by Gasteiger charge is -2.05. The fourth-order valence-corrected chi connectivity index (χ4v) is 0.693. The number of rotatable bonds is 2. The highest BCUT2D eigenvalue weighted by atomic mass is 32.1. The summed E-state index contributed by atoms with van der Waals surface area (Å²) in [7, 11) is 0. The van der Waals surface area contributed by atoms with E-state index in [1.807, 2.05) is 4.57 Å². The van der Waals surface area contributed by atoms with E-state index in [9.17, 15) is 0 Å². The Kier molecular flexibility index (Phi) is 2.10. The molecule has 9 heavy (non-hydrogen) atoms. The number of nitrogens with zero attached hydrogens (tertiary/aromatic N) is 3. The molecule has 0 aromatic carbocycles. The summed E-state index contributed by atoms with van der Waals surface area (Å²) in [4.78, 5) is 0. The Labute approximate surface area is 59.5 Å². The third-order valence-electron chi connectivity index (χ3n) is 1.15. The highest BCUT2D eigenvalue weighted by Crippen LogP contribution is 2.12. The van der Waals surface area contributed by atoms with E-state index in [2.05, 4.69) is 29.7 Å². The molecule has 1 rings (SSSR count). The molecule has 1 aromatic rings. The van der Waals surface area contributed by atoms with Crippen LogP contribution in [-0.2, 0) is 0 Å². The molecule has 0 saturated heterocycles. The zero-order valence-corrected chi connectivity index (χ0v) is 6.12. The van der Waals surface area contributed by atoms with Crippen molar-refractivity contribution in [1.29, 1.82) is 0 Å². The predicted octanol–water partition coefficient (Wildman–Crippen LogP) is 1.12. The van der Waals surface area contributed by atoms with Crippen LogP contribution in [0.25, 0.3) is 0 Å². The van der Waals surface area contributed by atoms with Crippen molar-refractivity contribution in [3.05, 3.63) is 12.7 Å². The lowest BCUT2D eigenvalue weighted by Crippen LogP contribution is -1.96. The molecular weight excluding hydrogens is 134 g/mol. The minimum absolute atomic E-state index is 0.222. The Morgan fingerprint density at radius 2 is 2.11 bits per heavy atom. The molecule has 0 spiro atoms. The van der Waals surface area contributed by atoms with Crippen molar-refractivity contribution < 1.29 is 0 Å². The maximum absolute atomic E-state index is 4.27. The molecule has 0 radical (unpaired) electrons. The van der Waals surface area contributed by atoms with Crippen molar-refractivity contribution in [2.24, 2.45) is 0 Å². The molecule has 1 heterocycles. The molecule has 50 valence electrons. The van der Waals surface area contributed by atoms with Crippen LogP contribution in [0.3, 0.4) is 0 Å². The van der Waals surface area contributed by atoms with Crippen molar-refractivity contribution in [3.63, 3.8) is 0 Å². The zero-order valence-electron chi connectivity index (χ0n) is 5.23. The minimum atomic E-state index is 0.222. The van der Waals surface area contributed by atoms with Gasteiger partial charge in [0.15, 0.2) is 0 Å². The van der Waals surface area contributed by atoms with Gasteiger partial charge in [0.25, 0.3) is 0 Å². The van der Waals surface area contributed by atoms with Crippen molar-refractivity contribution >= 4 is 12.6 Å². The van der Waals surface area contributed by atoms with Crippen molar-refractivity contribution in [3.8, 4) is 0 Å². The summed E-state index contributed by atoms with van der Waals surface area (Å²) in [6.45, 7) is 2.07. The lowest BCUT2D eigenvalue weighted by atomic mass is 10.5. The maximum Gasteiger partial charge on any atom is 0.120 e. The van der Waals surface area contributed by atoms with E-state index >= 15 is 0 Å². The third-order valence-corrected chi connectivity index (χ3v) is 1.78. The maximum atomic E-state index is 4.27. The quantitative estimate of drug-likeness (QED) is 0.629. The van der Waals surface area contributed by atoms with E-state index in [1.54, 1.807) is 12.7 Å². The summed E-state index contributed by atoms with van der Waals surface area (Å²) in [6.07, 6.45) is 4.32.